The highest BCUT2D eigenvalue weighted by Crippen LogP contribution is 2.16. The Labute approximate surface area is 467 Å². The number of pyridine rings is 3. The fourth-order valence-corrected chi connectivity index (χ4v) is 9.27. The fourth-order valence-electron chi connectivity index (χ4n) is 9.27. The number of nitrogens with zero attached hydrogens (tertiary/aromatic N) is 3. The average Bonchev–Trinajstić information content (AvgIpc) is 3.44. The Morgan fingerprint density at radius 3 is 0.605 bits per heavy atom. The molecule has 3 rings (SSSR count). The number of hydrogen-bond acceptors (Lipinski definition) is 6. The Morgan fingerprint density at radius 2 is 0.421 bits per heavy atom. The van der Waals surface area contributed by atoms with Crippen LogP contribution in [-0.2, 0) is 48.2 Å². The number of aromatic nitrogens is 3. The molecule has 0 aromatic carbocycles. The first-order valence-corrected chi connectivity index (χ1v) is 31.8. The maximum atomic E-state index is 11.7. The van der Waals surface area contributed by atoms with Crippen LogP contribution in [0.5, 0.6) is 0 Å². The zero-order valence-corrected chi connectivity index (χ0v) is 49.5. The zero-order valence-electron chi connectivity index (χ0n) is 49.5. The molecule has 0 N–H and O–H groups in total. The fraction of sp³-hybridized carbons (Fsp3) is 0.731. The van der Waals surface area contributed by atoms with Crippen LogP contribution >= 0.6 is 0 Å². The first kappa shape index (κ1) is 69.9. The Morgan fingerprint density at radius 1 is 0.250 bits per heavy atom. The van der Waals surface area contributed by atoms with Gasteiger partial charge in [0.15, 0.2) is 76.6 Å². The molecule has 0 radical (unpaired) electrons. The molecule has 9 nitrogen and oxygen atoms in total. The van der Waals surface area contributed by atoms with Crippen molar-refractivity contribution in [2.75, 3.05) is 19.8 Å². The topological polar surface area (TPSA) is 90.5 Å². The summed E-state index contributed by atoms with van der Waals surface area (Å²) >= 11 is 0. The van der Waals surface area contributed by atoms with Gasteiger partial charge in [-0.2, -0.15) is 0 Å². The van der Waals surface area contributed by atoms with Crippen molar-refractivity contribution in [1.29, 1.82) is 0 Å². The van der Waals surface area contributed by atoms with Gasteiger partial charge in [-0.25, -0.2) is 13.7 Å². The molecule has 0 spiro atoms. The van der Waals surface area contributed by atoms with Crippen molar-refractivity contribution in [3.63, 3.8) is 0 Å². The lowest BCUT2D eigenvalue weighted by atomic mass is 10.0. The first-order chi connectivity index (χ1) is 37.5. The normalized spacial score (nSPS) is 10.8. The molecule has 0 atom stereocenters. The molecule has 0 unspecified atom stereocenters. The highest BCUT2D eigenvalue weighted by molar-refractivity contribution is 5.69. The second-order valence-electron chi connectivity index (χ2n) is 21.3. The molecule has 0 saturated carbocycles. The van der Waals surface area contributed by atoms with Crippen LogP contribution in [0.2, 0.25) is 0 Å². The van der Waals surface area contributed by atoms with Crippen molar-refractivity contribution in [3.8, 4) is 0 Å². The quantitative estimate of drug-likeness (QED) is 0.0242. The van der Waals surface area contributed by atoms with Gasteiger partial charge in [0.2, 0.25) is 0 Å². The second-order valence-corrected chi connectivity index (χ2v) is 21.3. The van der Waals surface area contributed by atoms with E-state index in [0.29, 0.717) is 39.1 Å². The SMILES string of the molecule is CCCCCCCCCCCC(=O)OCC[n+]1ccccc1.CCCCCCCCCCCCCCCC(=O)OCC[n+]1ccccc1.CCCCCCCCCCCCCCCCCC(=O)OCC[n+]1ccccc1. The molecule has 0 saturated heterocycles. The van der Waals surface area contributed by atoms with Gasteiger partial charge in [-0.15, -0.1) is 0 Å². The van der Waals surface area contributed by atoms with Crippen molar-refractivity contribution in [2.45, 2.75) is 297 Å². The predicted molar refractivity (Wildman–Crippen MR) is 314 cm³/mol. The zero-order chi connectivity index (χ0) is 54.7. The molecule has 0 aliphatic carbocycles. The van der Waals surface area contributed by atoms with Crippen LogP contribution in [-0.4, -0.2) is 37.7 Å². The summed E-state index contributed by atoms with van der Waals surface area (Å²) in [6.45, 7) is 10.4. The van der Waals surface area contributed by atoms with Gasteiger partial charge in [0, 0.05) is 55.7 Å². The molecule has 0 amide bonds. The van der Waals surface area contributed by atoms with E-state index in [-0.39, 0.29) is 17.9 Å². The highest BCUT2D eigenvalue weighted by atomic mass is 16.5. The van der Waals surface area contributed by atoms with Gasteiger partial charge >= 0.3 is 17.9 Å². The van der Waals surface area contributed by atoms with Crippen LogP contribution in [0, 0.1) is 0 Å². The summed E-state index contributed by atoms with van der Waals surface area (Å²) in [4.78, 5) is 35.0. The summed E-state index contributed by atoms with van der Waals surface area (Å²) in [6.07, 6.45) is 62.5. The van der Waals surface area contributed by atoms with Crippen LogP contribution in [0.4, 0.5) is 0 Å². The average molecular weight is 1060 g/mol. The number of carbonyl (C=O) groups excluding carboxylic acids is 3. The van der Waals surface area contributed by atoms with E-state index < -0.39 is 0 Å². The summed E-state index contributed by atoms with van der Waals surface area (Å²) in [5.74, 6) is -0.157. The van der Waals surface area contributed by atoms with E-state index in [1.807, 2.05) is 105 Å². The molecule has 3 aromatic rings. The van der Waals surface area contributed by atoms with Gasteiger partial charge in [-0.05, 0) is 19.3 Å². The van der Waals surface area contributed by atoms with Gasteiger partial charge in [-0.3, -0.25) is 14.4 Å². The van der Waals surface area contributed by atoms with Crippen molar-refractivity contribution >= 4 is 17.9 Å². The number of ether oxygens (including phenoxy) is 3. The van der Waals surface area contributed by atoms with E-state index in [0.717, 1.165) is 58.2 Å². The van der Waals surface area contributed by atoms with Crippen LogP contribution in [0.25, 0.3) is 0 Å². The van der Waals surface area contributed by atoms with Crippen LogP contribution in [0.3, 0.4) is 0 Å². The molecule has 432 valence electrons. The van der Waals surface area contributed by atoms with E-state index in [1.54, 1.807) is 0 Å². The number of rotatable bonds is 49. The molecule has 76 heavy (non-hydrogen) atoms. The third kappa shape index (κ3) is 50.7. The predicted octanol–water partition coefficient (Wildman–Crippen LogP) is 17.2. The minimum Gasteiger partial charge on any atom is -0.459 e. The largest absolute Gasteiger partial charge is 0.459 e. The van der Waals surface area contributed by atoms with E-state index in [9.17, 15) is 14.4 Å². The maximum Gasteiger partial charge on any atom is 0.306 e. The van der Waals surface area contributed by atoms with Gasteiger partial charge in [0.1, 0.15) is 0 Å². The number of hydrogen-bond donors (Lipinski definition) is 0. The minimum absolute atomic E-state index is 0.0498. The smallest absolute Gasteiger partial charge is 0.306 e. The van der Waals surface area contributed by atoms with E-state index in [1.165, 1.54) is 199 Å². The Bertz CT molecular complexity index is 1660. The monoisotopic (exact) mass is 1060 g/mol. The summed E-state index contributed by atoms with van der Waals surface area (Å²) in [5, 5.41) is 0. The summed E-state index contributed by atoms with van der Waals surface area (Å²) in [7, 11) is 0. The van der Waals surface area contributed by atoms with Gasteiger partial charge in [0.25, 0.3) is 0 Å². The Kier molecular flexibility index (Phi) is 52.4. The Balaban J connectivity index is 0.000000574. The van der Waals surface area contributed by atoms with Gasteiger partial charge in [-0.1, -0.05) is 257 Å². The van der Waals surface area contributed by atoms with Crippen LogP contribution < -0.4 is 13.7 Å². The van der Waals surface area contributed by atoms with E-state index >= 15 is 0 Å². The highest BCUT2D eigenvalue weighted by Gasteiger charge is 2.08. The van der Waals surface area contributed by atoms with E-state index in [2.05, 4.69) is 20.8 Å². The van der Waals surface area contributed by atoms with Crippen molar-refractivity contribution in [1.82, 2.24) is 0 Å². The van der Waals surface area contributed by atoms with Crippen molar-refractivity contribution in [2.24, 2.45) is 0 Å². The minimum atomic E-state index is -0.0560. The van der Waals surface area contributed by atoms with Crippen molar-refractivity contribution < 1.29 is 42.3 Å². The third-order valence-corrected chi connectivity index (χ3v) is 14.1. The lowest BCUT2D eigenvalue weighted by molar-refractivity contribution is -0.698. The molecule has 9 heteroatoms. The number of unbranched alkanes of at least 4 members (excludes halogenated alkanes) is 34. The summed E-state index contributed by atoms with van der Waals surface area (Å²) < 4.78 is 21.9. The molecular weight excluding hydrogens is 943 g/mol. The molecule has 0 aliphatic heterocycles. The summed E-state index contributed by atoms with van der Waals surface area (Å²) in [6, 6.07) is 17.8. The first-order valence-electron chi connectivity index (χ1n) is 31.8. The molecule has 3 heterocycles. The van der Waals surface area contributed by atoms with Crippen molar-refractivity contribution in [3.05, 3.63) is 91.8 Å². The van der Waals surface area contributed by atoms with Gasteiger partial charge < -0.3 is 14.2 Å². The molecular formula is C67H116N3O6+3. The van der Waals surface area contributed by atoms with Crippen LogP contribution in [0.15, 0.2) is 91.8 Å². The standard InChI is InChI=1S/C25H44NO2.C23H40NO2.C19H32NO2/c1-2-3-4-5-6-7-8-9-10-11-12-13-14-15-17-20-25(27)28-24-23-26-21-18-16-19-22-26;1-2-3-4-5-6-7-8-9-10-11-12-13-15-18-23(25)26-22-21-24-19-16-14-17-20-24;1-2-3-4-5-6-7-8-9-11-14-19(21)22-18-17-20-15-12-10-13-16-20/h16,18-19,21-22H,2-15,17,20,23-24H2,1H3;14,16-17,19-20H,2-13,15,18,21-22H2,1H3;10,12-13,15-16H,2-9,11,14,17-18H2,1H3/q3*+1. The second kappa shape index (κ2) is 57.0. The Hall–Kier alpha value is -4.14. The molecule has 3 aromatic heterocycles. The maximum absolute atomic E-state index is 11.7. The summed E-state index contributed by atoms with van der Waals surface area (Å²) in [5.41, 5.74) is 0. The van der Waals surface area contributed by atoms with Gasteiger partial charge in [0.05, 0.1) is 0 Å². The molecule has 0 bridgehead atoms. The third-order valence-electron chi connectivity index (χ3n) is 14.1. The number of carbonyl (C=O) groups is 3. The molecule has 0 fully saturated rings. The number of esters is 3. The van der Waals surface area contributed by atoms with Crippen LogP contribution in [0.1, 0.15) is 278 Å². The lowest BCUT2D eigenvalue weighted by Gasteiger charge is -2.04. The lowest BCUT2D eigenvalue weighted by Crippen LogP contribution is -2.35. The van der Waals surface area contributed by atoms with E-state index in [4.69, 9.17) is 14.2 Å². The molecule has 0 aliphatic rings.